The van der Waals surface area contributed by atoms with Gasteiger partial charge in [0.05, 0.1) is 5.92 Å². The van der Waals surface area contributed by atoms with Gasteiger partial charge >= 0.3 is 5.97 Å². The maximum Gasteiger partial charge on any atom is 0.308 e. The number of hydrogen-bond donors (Lipinski definition) is 2. The third-order valence-electron chi connectivity index (χ3n) is 3.15. The molecular formula is C9H15NO2. The second-order valence-electron chi connectivity index (χ2n) is 3.92. The summed E-state index contributed by atoms with van der Waals surface area (Å²) in [6.45, 7) is 0. The van der Waals surface area contributed by atoms with Crippen LogP contribution in [0.25, 0.3) is 0 Å². The summed E-state index contributed by atoms with van der Waals surface area (Å²) in [5.74, 6) is -0.733. The summed E-state index contributed by atoms with van der Waals surface area (Å²) >= 11 is 0. The molecule has 2 aliphatic carbocycles. The summed E-state index contributed by atoms with van der Waals surface area (Å²) in [5, 5.41) is 12.2. The minimum Gasteiger partial charge on any atom is -0.481 e. The Kier molecular flexibility index (Phi) is 2.05. The van der Waals surface area contributed by atoms with Crippen LogP contribution in [0.2, 0.25) is 0 Å². The normalized spacial score (nSPS) is 35.3. The van der Waals surface area contributed by atoms with Gasteiger partial charge in [-0.3, -0.25) is 4.79 Å². The summed E-state index contributed by atoms with van der Waals surface area (Å²) in [6.07, 6.45) is 5.70. The number of nitrogens with one attached hydrogen (secondary N) is 1. The fraction of sp³-hybridized carbons (Fsp3) is 0.889. The standard InChI is InChI=1S/C9H15NO2/c11-9(12)7-4-5-8(7)10-6-2-1-3-6/h6-8,10H,1-5H2,(H,11,12). The second-order valence-corrected chi connectivity index (χ2v) is 3.92. The molecule has 0 heterocycles. The van der Waals surface area contributed by atoms with Gasteiger partial charge in [-0.15, -0.1) is 0 Å². The van der Waals surface area contributed by atoms with Gasteiger partial charge in [-0.2, -0.15) is 0 Å². The molecule has 2 unspecified atom stereocenters. The Morgan fingerprint density at radius 2 is 2.00 bits per heavy atom. The quantitative estimate of drug-likeness (QED) is 0.662. The molecule has 2 fully saturated rings. The predicted molar refractivity (Wildman–Crippen MR) is 44.9 cm³/mol. The van der Waals surface area contributed by atoms with Crippen molar-refractivity contribution in [2.75, 3.05) is 0 Å². The highest BCUT2D eigenvalue weighted by Gasteiger charge is 2.38. The van der Waals surface area contributed by atoms with Crippen molar-refractivity contribution in [1.82, 2.24) is 5.32 Å². The van der Waals surface area contributed by atoms with Crippen LogP contribution >= 0.6 is 0 Å². The van der Waals surface area contributed by atoms with E-state index < -0.39 is 5.97 Å². The highest BCUT2D eigenvalue weighted by atomic mass is 16.4. The number of rotatable bonds is 3. The number of hydrogen-bond acceptors (Lipinski definition) is 2. The molecule has 0 bridgehead atoms. The zero-order valence-corrected chi connectivity index (χ0v) is 7.12. The van der Waals surface area contributed by atoms with Gasteiger partial charge in [0.25, 0.3) is 0 Å². The van der Waals surface area contributed by atoms with E-state index in [0.717, 1.165) is 12.8 Å². The summed E-state index contributed by atoms with van der Waals surface area (Å²) in [4.78, 5) is 10.6. The monoisotopic (exact) mass is 169 g/mol. The van der Waals surface area contributed by atoms with Gasteiger partial charge in [0.1, 0.15) is 0 Å². The van der Waals surface area contributed by atoms with Crippen LogP contribution in [0.3, 0.4) is 0 Å². The van der Waals surface area contributed by atoms with Gasteiger partial charge in [-0.05, 0) is 25.7 Å². The maximum atomic E-state index is 10.6. The summed E-state index contributed by atoms with van der Waals surface area (Å²) in [7, 11) is 0. The Balaban J connectivity index is 1.76. The Labute approximate surface area is 72.2 Å². The van der Waals surface area contributed by atoms with Crippen LogP contribution in [0.15, 0.2) is 0 Å². The SMILES string of the molecule is O=C(O)C1CCC1NC1CCC1. The molecule has 2 atom stereocenters. The van der Waals surface area contributed by atoms with Gasteiger partial charge in [-0.25, -0.2) is 0 Å². The highest BCUT2D eigenvalue weighted by molar-refractivity contribution is 5.72. The van der Waals surface area contributed by atoms with Crippen LogP contribution in [0.5, 0.6) is 0 Å². The minimum absolute atomic E-state index is 0.106. The smallest absolute Gasteiger partial charge is 0.308 e. The lowest BCUT2D eigenvalue weighted by molar-refractivity contribution is -0.146. The lowest BCUT2D eigenvalue weighted by atomic mass is 9.78. The first-order valence-electron chi connectivity index (χ1n) is 4.76. The summed E-state index contributed by atoms with van der Waals surface area (Å²) in [5.41, 5.74) is 0. The van der Waals surface area contributed by atoms with E-state index in [-0.39, 0.29) is 12.0 Å². The van der Waals surface area contributed by atoms with Crippen molar-refractivity contribution in [3.8, 4) is 0 Å². The van der Waals surface area contributed by atoms with Crippen molar-refractivity contribution >= 4 is 5.97 Å². The molecule has 0 saturated heterocycles. The average Bonchev–Trinajstić information content (AvgIpc) is 1.79. The van der Waals surface area contributed by atoms with E-state index in [2.05, 4.69) is 5.32 Å². The Morgan fingerprint density at radius 3 is 2.33 bits per heavy atom. The van der Waals surface area contributed by atoms with Crippen LogP contribution in [-0.2, 0) is 4.79 Å². The van der Waals surface area contributed by atoms with E-state index in [1.54, 1.807) is 0 Å². The molecule has 0 radical (unpaired) electrons. The van der Waals surface area contributed by atoms with Crippen molar-refractivity contribution in [2.45, 2.75) is 44.2 Å². The van der Waals surface area contributed by atoms with Gasteiger partial charge in [0.15, 0.2) is 0 Å². The van der Waals surface area contributed by atoms with Crippen LogP contribution in [0, 0.1) is 5.92 Å². The molecule has 0 spiro atoms. The molecule has 0 aromatic carbocycles. The molecule has 3 nitrogen and oxygen atoms in total. The predicted octanol–water partition coefficient (Wildman–Crippen LogP) is 0.992. The van der Waals surface area contributed by atoms with Crippen molar-refractivity contribution < 1.29 is 9.90 Å². The molecule has 2 saturated carbocycles. The molecule has 12 heavy (non-hydrogen) atoms. The van der Waals surface area contributed by atoms with E-state index in [9.17, 15) is 4.79 Å². The van der Waals surface area contributed by atoms with Crippen LogP contribution in [-0.4, -0.2) is 23.2 Å². The highest BCUT2D eigenvalue weighted by Crippen LogP contribution is 2.30. The Morgan fingerprint density at radius 1 is 1.25 bits per heavy atom. The zero-order chi connectivity index (χ0) is 8.55. The lowest BCUT2D eigenvalue weighted by Gasteiger charge is -2.39. The van der Waals surface area contributed by atoms with E-state index in [1.807, 2.05) is 0 Å². The number of aliphatic carboxylic acids is 1. The molecule has 0 aliphatic heterocycles. The number of carbonyl (C=O) groups is 1. The fourth-order valence-electron chi connectivity index (χ4n) is 1.87. The largest absolute Gasteiger partial charge is 0.481 e. The lowest BCUT2D eigenvalue weighted by Crippen LogP contribution is -2.53. The molecule has 0 amide bonds. The van der Waals surface area contributed by atoms with E-state index in [1.165, 1.54) is 19.3 Å². The van der Waals surface area contributed by atoms with E-state index >= 15 is 0 Å². The van der Waals surface area contributed by atoms with Gasteiger partial charge in [0, 0.05) is 12.1 Å². The number of carboxylic acids is 1. The molecule has 3 heteroatoms. The summed E-state index contributed by atoms with van der Waals surface area (Å²) < 4.78 is 0. The molecule has 2 rings (SSSR count). The first kappa shape index (κ1) is 8.05. The Bertz CT molecular complexity index is 189. The summed E-state index contributed by atoms with van der Waals surface area (Å²) in [6, 6.07) is 0.893. The third-order valence-corrected chi connectivity index (χ3v) is 3.15. The first-order chi connectivity index (χ1) is 5.77. The molecule has 0 aromatic heterocycles. The van der Waals surface area contributed by atoms with Crippen molar-refractivity contribution in [2.24, 2.45) is 5.92 Å². The number of carboxylic acid groups (broad SMARTS) is 1. The molecule has 2 N–H and O–H groups in total. The van der Waals surface area contributed by atoms with Crippen LogP contribution < -0.4 is 5.32 Å². The molecule has 2 aliphatic rings. The third kappa shape index (κ3) is 1.33. The second kappa shape index (κ2) is 3.05. The minimum atomic E-state index is -0.627. The molecule has 68 valence electrons. The van der Waals surface area contributed by atoms with Crippen LogP contribution in [0.1, 0.15) is 32.1 Å². The average molecular weight is 169 g/mol. The van der Waals surface area contributed by atoms with E-state index in [0.29, 0.717) is 6.04 Å². The molecular weight excluding hydrogens is 154 g/mol. The molecule has 0 aromatic rings. The van der Waals surface area contributed by atoms with Gasteiger partial charge in [0.2, 0.25) is 0 Å². The van der Waals surface area contributed by atoms with Gasteiger partial charge in [-0.1, -0.05) is 6.42 Å². The Hall–Kier alpha value is -0.570. The first-order valence-corrected chi connectivity index (χ1v) is 4.76. The zero-order valence-electron chi connectivity index (χ0n) is 7.12. The maximum absolute atomic E-state index is 10.6. The van der Waals surface area contributed by atoms with Crippen molar-refractivity contribution in [3.63, 3.8) is 0 Å². The van der Waals surface area contributed by atoms with Crippen molar-refractivity contribution in [1.29, 1.82) is 0 Å². The van der Waals surface area contributed by atoms with Crippen LogP contribution in [0.4, 0.5) is 0 Å². The van der Waals surface area contributed by atoms with Gasteiger partial charge < -0.3 is 10.4 Å². The van der Waals surface area contributed by atoms with Crippen molar-refractivity contribution in [3.05, 3.63) is 0 Å². The fourth-order valence-corrected chi connectivity index (χ4v) is 1.87. The van der Waals surface area contributed by atoms with E-state index in [4.69, 9.17) is 5.11 Å². The topological polar surface area (TPSA) is 49.3 Å².